The van der Waals surface area contributed by atoms with E-state index in [1.165, 1.54) is 0 Å². The summed E-state index contributed by atoms with van der Waals surface area (Å²) >= 11 is 0. The summed E-state index contributed by atoms with van der Waals surface area (Å²) in [5.74, 6) is -0.0960. The molecule has 0 aliphatic heterocycles. The first-order chi connectivity index (χ1) is 12.6. The number of hydrogen-bond donors (Lipinski definition) is 2. The highest BCUT2D eigenvalue weighted by Crippen LogP contribution is 2.13. The minimum Gasteiger partial charge on any atom is -0.376 e. The maximum Gasteiger partial charge on any atom is 0.253 e. The molecule has 138 valence electrons. The van der Waals surface area contributed by atoms with Gasteiger partial charge in [-0.2, -0.15) is 0 Å². The van der Waals surface area contributed by atoms with Gasteiger partial charge in [0.05, 0.1) is 6.54 Å². The zero-order valence-electron chi connectivity index (χ0n) is 15.5. The fraction of sp³-hybridized carbons (Fsp3) is 0.333. The molecule has 0 radical (unpaired) electrons. The van der Waals surface area contributed by atoms with E-state index in [1.807, 2.05) is 42.5 Å². The van der Waals surface area contributed by atoms with E-state index >= 15 is 0 Å². The zero-order valence-corrected chi connectivity index (χ0v) is 15.5. The second-order valence-electron chi connectivity index (χ2n) is 6.28. The highest BCUT2D eigenvalue weighted by atomic mass is 16.2. The van der Waals surface area contributed by atoms with Gasteiger partial charge in [0.1, 0.15) is 0 Å². The number of amides is 2. The van der Waals surface area contributed by atoms with Crippen molar-refractivity contribution in [3.05, 3.63) is 65.7 Å². The van der Waals surface area contributed by atoms with Crippen molar-refractivity contribution < 1.29 is 9.59 Å². The van der Waals surface area contributed by atoms with Gasteiger partial charge in [-0.25, -0.2) is 0 Å². The molecule has 0 unspecified atom stereocenters. The number of nitrogens with one attached hydrogen (secondary N) is 2. The first-order valence-electron chi connectivity index (χ1n) is 9.00. The molecule has 26 heavy (non-hydrogen) atoms. The molecule has 2 aromatic carbocycles. The van der Waals surface area contributed by atoms with Crippen molar-refractivity contribution in [3.8, 4) is 0 Å². The molecule has 0 spiro atoms. The van der Waals surface area contributed by atoms with Crippen molar-refractivity contribution in [2.24, 2.45) is 0 Å². The van der Waals surface area contributed by atoms with Crippen LogP contribution >= 0.6 is 0 Å². The van der Waals surface area contributed by atoms with E-state index in [0.29, 0.717) is 18.7 Å². The Morgan fingerprint density at radius 3 is 2.54 bits per heavy atom. The van der Waals surface area contributed by atoms with Crippen LogP contribution in [0, 0.1) is 0 Å². The number of unbranched alkanes of at least 4 members (excludes halogenated alkanes) is 1. The Hall–Kier alpha value is -2.82. The molecule has 5 nitrogen and oxygen atoms in total. The number of carbonyl (C=O) groups is 2. The van der Waals surface area contributed by atoms with Gasteiger partial charge in [0.2, 0.25) is 5.91 Å². The van der Waals surface area contributed by atoms with E-state index in [9.17, 15) is 9.59 Å². The smallest absolute Gasteiger partial charge is 0.253 e. The Morgan fingerprint density at radius 1 is 1.04 bits per heavy atom. The van der Waals surface area contributed by atoms with Gasteiger partial charge >= 0.3 is 0 Å². The van der Waals surface area contributed by atoms with Crippen molar-refractivity contribution >= 4 is 17.5 Å². The summed E-state index contributed by atoms with van der Waals surface area (Å²) in [7, 11) is 1.79. The lowest BCUT2D eigenvalue weighted by atomic mass is 10.1. The van der Waals surface area contributed by atoms with Crippen molar-refractivity contribution in [1.82, 2.24) is 10.2 Å². The molecule has 5 heteroatoms. The van der Waals surface area contributed by atoms with Crippen LogP contribution < -0.4 is 10.6 Å². The first kappa shape index (κ1) is 19.5. The third-order valence-electron chi connectivity index (χ3n) is 4.02. The largest absolute Gasteiger partial charge is 0.376 e. The minimum atomic E-state index is -0.0510. The van der Waals surface area contributed by atoms with Crippen LogP contribution in [0.2, 0.25) is 0 Å². The quantitative estimate of drug-likeness (QED) is 0.680. The molecular formula is C21H27N3O2. The van der Waals surface area contributed by atoms with Crippen LogP contribution in [0.15, 0.2) is 54.6 Å². The van der Waals surface area contributed by atoms with Crippen LogP contribution in [0.4, 0.5) is 5.69 Å². The van der Waals surface area contributed by atoms with Crippen molar-refractivity contribution in [1.29, 1.82) is 0 Å². The minimum absolute atomic E-state index is 0.0450. The van der Waals surface area contributed by atoms with Crippen molar-refractivity contribution in [2.75, 3.05) is 25.5 Å². The lowest BCUT2D eigenvalue weighted by molar-refractivity contribution is -0.119. The summed E-state index contributed by atoms with van der Waals surface area (Å²) in [5, 5.41) is 5.93. The number of rotatable bonds is 9. The normalized spacial score (nSPS) is 10.2. The van der Waals surface area contributed by atoms with Gasteiger partial charge in [-0.05, 0) is 30.2 Å². The number of anilines is 1. The van der Waals surface area contributed by atoms with E-state index in [4.69, 9.17) is 0 Å². The van der Waals surface area contributed by atoms with Gasteiger partial charge in [0.15, 0.2) is 0 Å². The van der Waals surface area contributed by atoms with Crippen molar-refractivity contribution in [3.63, 3.8) is 0 Å². The average Bonchev–Trinajstić information content (AvgIpc) is 2.67. The van der Waals surface area contributed by atoms with Crippen LogP contribution in [0.5, 0.6) is 0 Å². The highest BCUT2D eigenvalue weighted by molar-refractivity contribution is 5.95. The predicted octanol–water partition coefficient (Wildman–Crippen LogP) is 3.29. The van der Waals surface area contributed by atoms with Gasteiger partial charge in [0, 0.05) is 31.4 Å². The monoisotopic (exact) mass is 353 g/mol. The molecule has 0 bridgehead atoms. The maximum atomic E-state index is 12.6. The standard InChI is InChI=1S/C21H27N3O2/c1-3-4-13-22-20(25)15-23-19-12-8-11-18(14-19)21(26)24(2)16-17-9-6-5-7-10-17/h5-12,14,23H,3-4,13,15-16H2,1-2H3,(H,22,25). The van der Waals surface area contributed by atoms with Gasteiger partial charge < -0.3 is 15.5 Å². The summed E-state index contributed by atoms with van der Waals surface area (Å²) in [6, 6.07) is 17.1. The van der Waals surface area contributed by atoms with Gasteiger partial charge in [0.25, 0.3) is 5.91 Å². The molecule has 2 rings (SSSR count). The molecular weight excluding hydrogens is 326 g/mol. The Bertz CT molecular complexity index is 716. The summed E-state index contributed by atoms with van der Waals surface area (Å²) in [6.07, 6.45) is 2.03. The van der Waals surface area contributed by atoms with Crippen LogP contribution in [0.1, 0.15) is 35.7 Å². The third kappa shape index (κ3) is 6.24. The van der Waals surface area contributed by atoms with E-state index in [0.717, 1.165) is 24.1 Å². The fourth-order valence-electron chi connectivity index (χ4n) is 2.56. The predicted molar refractivity (Wildman–Crippen MR) is 105 cm³/mol. The zero-order chi connectivity index (χ0) is 18.8. The Morgan fingerprint density at radius 2 is 1.81 bits per heavy atom. The van der Waals surface area contributed by atoms with E-state index in [1.54, 1.807) is 24.1 Å². The van der Waals surface area contributed by atoms with Crippen LogP contribution in [0.3, 0.4) is 0 Å². The second kappa shape index (κ2) is 10.2. The molecule has 0 aromatic heterocycles. The summed E-state index contributed by atoms with van der Waals surface area (Å²) < 4.78 is 0. The molecule has 2 N–H and O–H groups in total. The number of carbonyl (C=O) groups excluding carboxylic acids is 2. The summed E-state index contributed by atoms with van der Waals surface area (Å²) in [4.78, 5) is 26.1. The van der Waals surface area contributed by atoms with E-state index in [2.05, 4.69) is 17.6 Å². The molecule has 0 saturated carbocycles. The van der Waals surface area contributed by atoms with Gasteiger partial charge in [-0.1, -0.05) is 49.7 Å². The molecule has 0 aliphatic carbocycles. The molecule has 2 amide bonds. The maximum absolute atomic E-state index is 12.6. The summed E-state index contributed by atoms with van der Waals surface area (Å²) in [5.41, 5.74) is 2.44. The molecule has 0 aliphatic rings. The fourth-order valence-corrected chi connectivity index (χ4v) is 2.56. The SMILES string of the molecule is CCCCNC(=O)CNc1cccc(C(=O)N(C)Cc2ccccc2)c1. The van der Waals surface area contributed by atoms with Gasteiger partial charge in [-0.3, -0.25) is 9.59 Å². The van der Waals surface area contributed by atoms with Gasteiger partial charge in [-0.15, -0.1) is 0 Å². The Kier molecular flexibility index (Phi) is 7.68. The lowest BCUT2D eigenvalue weighted by Crippen LogP contribution is -2.30. The number of nitrogens with zero attached hydrogens (tertiary/aromatic N) is 1. The third-order valence-corrected chi connectivity index (χ3v) is 4.02. The molecule has 0 atom stereocenters. The molecule has 0 heterocycles. The lowest BCUT2D eigenvalue weighted by Gasteiger charge is -2.18. The molecule has 0 saturated heterocycles. The summed E-state index contributed by atoms with van der Waals surface area (Å²) in [6.45, 7) is 3.53. The van der Waals surface area contributed by atoms with Crippen LogP contribution in [0.25, 0.3) is 0 Å². The molecule has 2 aromatic rings. The number of hydrogen-bond acceptors (Lipinski definition) is 3. The topological polar surface area (TPSA) is 61.4 Å². The Balaban J connectivity index is 1.90. The Labute approximate surface area is 155 Å². The van der Waals surface area contributed by atoms with E-state index < -0.39 is 0 Å². The highest BCUT2D eigenvalue weighted by Gasteiger charge is 2.12. The van der Waals surface area contributed by atoms with E-state index in [-0.39, 0.29) is 18.4 Å². The first-order valence-corrected chi connectivity index (χ1v) is 9.00. The molecule has 0 fully saturated rings. The number of benzene rings is 2. The average molecular weight is 353 g/mol. The van der Waals surface area contributed by atoms with Crippen molar-refractivity contribution in [2.45, 2.75) is 26.3 Å². The van der Waals surface area contributed by atoms with Crippen LogP contribution in [-0.4, -0.2) is 36.9 Å². The second-order valence-corrected chi connectivity index (χ2v) is 6.28. The van der Waals surface area contributed by atoms with Crippen LogP contribution in [-0.2, 0) is 11.3 Å².